The van der Waals surface area contributed by atoms with Crippen LogP contribution in [0.3, 0.4) is 0 Å². The van der Waals surface area contributed by atoms with E-state index in [2.05, 4.69) is 15.6 Å². The highest BCUT2D eigenvalue weighted by atomic mass is 35.5. The number of hydrogen-bond donors (Lipinski definition) is 0. The molecule has 0 unspecified atom stereocenters. The number of aryl methyl sites for hydroxylation is 2. The average molecular weight is 297 g/mol. The van der Waals surface area contributed by atoms with Gasteiger partial charge in [0.1, 0.15) is 11.6 Å². The maximum absolute atomic E-state index is 5.88. The summed E-state index contributed by atoms with van der Waals surface area (Å²) in [5.74, 6) is 2.46. The van der Waals surface area contributed by atoms with E-state index in [9.17, 15) is 0 Å². The van der Waals surface area contributed by atoms with E-state index in [1.165, 1.54) is 0 Å². The van der Waals surface area contributed by atoms with Crippen LogP contribution in [0.15, 0.2) is 18.2 Å². The third-order valence-electron chi connectivity index (χ3n) is 3.33. The van der Waals surface area contributed by atoms with Crippen molar-refractivity contribution in [3.05, 3.63) is 24.0 Å². The van der Waals surface area contributed by atoms with Gasteiger partial charge in [0.25, 0.3) is 0 Å². The Morgan fingerprint density at radius 2 is 2.10 bits per heavy atom. The number of aromatic nitrogens is 2. The Morgan fingerprint density at radius 1 is 1.25 bits per heavy atom. The molecular weight excluding hydrogens is 276 g/mol. The Labute approximate surface area is 124 Å². The van der Waals surface area contributed by atoms with Gasteiger partial charge in [-0.3, -0.25) is 0 Å². The van der Waals surface area contributed by atoms with Crippen LogP contribution in [0.4, 0.5) is 0 Å². The molecule has 2 aromatic rings. The van der Waals surface area contributed by atoms with Crippen molar-refractivity contribution in [2.24, 2.45) is 0 Å². The van der Waals surface area contributed by atoms with Gasteiger partial charge in [0.2, 0.25) is 0 Å². The summed E-state index contributed by atoms with van der Waals surface area (Å²) in [6.45, 7) is 1.74. The van der Waals surface area contributed by atoms with Crippen LogP contribution in [-0.2, 0) is 17.7 Å². The van der Waals surface area contributed by atoms with E-state index in [1.54, 1.807) is 14.2 Å². The Balaban J connectivity index is 2.25. The van der Waals surface area contributed by atoms with Crippen LogP contribution in [0, 0.1) is 0 Å². The smallest absolute Gasteiger partial charge is 0.121 e. The molecule has 1 aromatic carbocycles. The highest BCUT2D eigenvalue weighted by molar-refractivity contribution is 6.17. The van der Waals surface area contributed by atoms with Crippen LogP contribution in [0.2, 0.25) is 0 Å². The topological polar surface area (TPSA) is 36.3 Å². The lowest BCUT2D eigenvalue weighted by Crippen LogP contribution is -2.05. The fourth-order valence-electron chi connectivity index (χ4n) is 2.33. The lowest BCUT2D eigenvalue weighted by Gasteiger charge is -2.08. The largest absolute Gasteiger partial charge is 0.497 e. The molecule has 0 aliphatic heterocycles. The quantitative estimate of drug-likeness (QED) is 0.554. The fraction of sp³-hybridized carbons (Fsp3) is 0.533. The third kappa shape index (κ3) is 3.44. The number of alkyl halides is 1. The third-order valence-corrected chi connectivity index (χ3v) is 3.52. The number of imidazole rings is 1. The Kier molecular flexibility index (Phi) is 5.68. The molecule has 0 spiro atoms. The predicted octanol–water partition coefficient (Wildman–Crippen LogP) is 3.25. The van der Waals surface area contributed by atoms with Gasteiger partial charge in [-0.1, -0.05) is 0 Å². The van der Waals surface area contributed by atoms with Crippen LogP contribution >= 0.6 is 11.6 Å². The SMILES string of the molecule is COCCCCn1c(CCCl)nc2cc(OC)ccc21. The number of ether oxygens (including phenoxy) is 2. The van der Waals surface area contributed by atoms with E-state index < -0.39 is 0 Å². The number of hydrogen-bond acceptors (Lipinski definition) is 3. The minimum absolute atomic E-state index is 0.582. The molecule has 0 saturated carbocycles. The molecule has 20 heavy (non-hydrogen) atoms. The van der Waals surface area contributed by atoms with Crippen LogP contribution in [-0.4, -0.2) is 36.3 Å². The average Bonchev–Trinajstić information content (AvgIpc) is 2.80. The molecule has 0 N–H and O–H groups in total. The summed E-state index contributed by atoms with van der Waals surface area (Å²) in [5.41, 5.74) is 2.11. The summed E-state index contributed by atoms with van der Waals surface area (Å²) in [6, 6.07) is 6.01. The van der Waals surface area contributed by atoms with Gasteiger partial charge in [-0.2, -0.15) is 0 Å². The first-order valence-corrected chi connectivity index (χ1v) is 7.41. The lowest BCUT2D eigenvalue weighted by atomic mass is 10.2. The molecule has 0 radical (unpaired) electrons. The molecule has 4 nitrogen and oxygen atoms in total. The van der Waals surface area contributed by atoms with E-state index in [4.69, 9.17) is 21.1 Å². The zero-order valence-corrected chi connectivity index (χ0v) is 12.8. The highest BCUT2D eigenvalue weighted by Gasteiger charge is 2.10. The first-order valence-electron chi connectivity index (χ1n) is 6.88. The molecule has 0 fully saturated rings. The van der Waals surface area contributed by atoms with Gasteiger partial charge in [0, 0.05) is 38.6 Å². The Bertz CT molecular complexity index is 554. The van der Waals surface area contributed by atoms with Gasteiger partial charge in [0.15, 0.2) is 0 Å². The highest BCUT2D eigenvalue weighted by Crippen LogP contribution is 2.22. The first kappa shape index (κ1) is 15.1. The van der Waals surface area contributed by atoms with E-state index in [0.29, 0.717) is 5.88 Å². The van der Waals surface area contributed by atoms with E-state index in [0.717, 1.165) is 55.0 Å². The van der Waals surface area contributed by atoms with Crippen molar-refractivity contribution in [2.75, 3.05) is 26.7 Å². The number of halogens is 1. The molecule has 0 bridgehead atoms. The number of unbranched alkanes of at least 4 members (excludes halogenated alkanes) is 1. The van der Waals surface area contributed by atoms with Crippen LogP contribution in [0.25, 0.3) is 11.0 Å². The summed E-state index contributed by atoms with van der Waals surface area (Å²) >= 11 is 5.88. The second-order valence-electron chi connectivity index (χ2n) is 4.67. The summed E-state index contributed by atoms with van der Waals surface area (Å²) in [7, 11) is 3.40. The van der Waals surface area contributed by atoms with Crippen molar-refractivity contribution in [3.63, 3.8) is 0 Å². The Hall–Kier alpha value is -1.26. The van der Waals surface area contributed by atoms with Crippen molar-refractivity contribution < 1.29 is 9.47 Å². The molecule has 110 valence electrons. The standard InChI is InChI=1S/C15H21ClN2O2/c1-19-10-4-3-9-18-14-6-5-12(20-2)11-13(14)17-15(18)7-8-16/h5-6,11H,3-4,7-10H2,1-2H3. The maximum Gasteiger partial charge on any atom is 0.121 e. The fourth-order valence-corrected chi connectivity index (χ4v) is 2.50. The normalized spacial score (nSPS) is 11.2. The zero-order valence-electron chi connectivity index (χ0n) is 12.1. The van der Waals surface area contributed by atoms with Crippen molar-refractivity contribution in [3.8, 4) is 5.75 Å². The molecule has 0 aliphatic carbocycles. The molecule has 0 aliphatic rings. The van der Waals surface area contributed by atoms with Gasteiger partial charge < -0.3 is 14.0 Å². The van der Waals surface area contributed by atoms with Crippen molar-refractivity contribution in [1.82, 2.24) is 9.55 Å². The molecular formula is C15H21ClN2O2. The number of rotatable bonds is 8. The van der Waals surface area contributed by atoms with Crippen LogP contribution in [0.1, 0.15) is 18.7 Å². The summed E-state index contributed by atoms with van der Waals surface area (Å²) in [4.78, 5) is 4.68. The summed E-state index contributed by atoms with van der Waals surface area (Å²) in [6.07, 6.45) is 2.90. The van der Waals surface area contributed by atoms with E-state index >= 15 is 0 Å². The number of fused-ring (bicyclic) bond motifs is 1. The van der Waals surface area contributed by atoms with Crippen molar-refractivity contribution in [1.29, 1.82) is 0 Å². The van der Waals surface area contributed by atoms with Crippen LogP contribution < -0.4 is 4.74 Å². The van der Waals surface area contributed by atoms with E-state index in [-0.39, 0.29) is 0 Å². The van der Waals surface area contributed by atoms with Gasteiger partial charge in [-0.05, 0) is 25.0 Å². The van der Waals surface area contributed by atoms with Gasteiger partial charge in [-0.25, -0.2) is 4.98 Å². The summed E-state index contributed by atoms with van der Waals surface area (Å²) in [5, 5.41) is 0. The van der Waals surface area contributed by atoms with Gasteiger partial charge in [0.05, 0.1) is 18.1 Å². The molecule has 0 saturated heterocycles. The maximum atomic E-state index is 5.88. The monoisotopic (exact) mass is 296 g/mol. The van der Waals surface area contributed by atoms with Crippen molar-refractivity contribution >= 4 is 22.6 Å². The molecule has 1 aromatic heterocycles. The molecule has 0 atom stereocenters. The van der Waals surface area contributed by atoms with E-state index in [1.807, 2.05) is 12.1 Å². The van der Waals surface area contributed by atoms with Crippen molar-refractivity contribution in [2.45, 2.75) is 25.8 Å². The predicted molar refractivity (Wildman–Crippen MR) is 81.8 cm³/mol. The minimum atomic E-state index is 0.582. The second kappa shape index (κ2) is 7.50. The Morgan fingerprint density at radius 3 is 2.80 bits per heavy atom. The first-order chi connectivity index (χ1) is 9.80. The number of nitrogens with zero attached hydrogens (tertiary/aromatic N) is 2. The number of methoxy groups -OCH3 is 2. The van der Waals surface area contributed by atoms with Crippen LogP contribution in [0.5, 0.6) is 5.75 Å². The summed E-state index contributed by atoms with van der Waals surface area (Å²) < 4.78 is 12.6. The molecule has 0 amide bonds. The molecule has 5 heteroatoms. The lowest BCUT2D eigenvalue weighted by molar-refractivity contribution is 0.191. The molecule has 1 heterocycles. The van der Waals surface area contributed by atoms with Gasteiger partial charge in [-0.15, -0.1) is 11.6 Å². The minimum Gasteiger partial charge on any atom is -0.497 e. The zero-order chi connectivity index (χ0) is 14.4. The molecule has 2 rings (SSSR count). The second-order valence-corrected chi connectivity index (χ2v) is 5.05. The van der Waals surface area contributed by atoms with Gasteiger partial charge >= 0.3 is 0 Å². The number of benzene rings is 1.